The van der Waals surface area contributed by atoms with E-state index in [9.17, 15) is 9.59 Å². The molecule has 2 heterocycles. The van der Waals surface area contributed by atoms with Crippen molar-refractivity contribution in [1.82, 2.24) is 14.7 Å². The van der Waals surface area contributed by atoms with E-state index < -0.39 is 0 Å². The summed E-state index contributed by atoms with van der Waals surface area (Å²) < 4.78 is 0. The molecule has 6 heteroatoms. The molecule has 0 aromatic carbocycles. The van der Waals surface area contributed by atoms with Crippen LogP contribution in [0.2, 0.25) is 0 Å². The van der Waals surface area contributed by atoms with Crippen LogP contribution < -0.4 is 0 Å². The second kappa shape index (κ2) is 6.90. The Hall–Kier alpha value is -0.910. The van der Waals surface area contributed by atoms with Crippen molar-refractivity contribution < 1.29 is 9.59 Å². The Kier molecular flexibility index (Phi) is 5.41. The van der Waals surface area contributed by atoms with Gasteiger partial charge in [-0.15, -0.1) is 0 Å². The summed E-state index contributed by atoms with van der Waals surface area (Å²) in [5.41, 5.74) is 0. The predicted octanol–water partition coefficient (Wildman–Crippen LogP) is 1.73. The monoisotopic (exact) mass is 313 g/mol. The number of rotatable bonds is 1. The number of hydrogen-bond donors (Lipinski definition) is 0. The molecule has 2 saturated heterocycles. The van der Waals surface area contributed by atoms with Gasteiger partial charge in [0.15, 0.2) is 0 Å². The van der Waals surface area contributed by atoms with E-state index in [-0.39, 0.29) is 11.9 Å². The van der Waals surface area contributed by atoms with E-state index in [1.807, 2.05) is 16.7 Å². The third-order valence-electron chi connectivity index (χ3n) is 4.66. The van der Waals surface area contributed by atoms with Crippen LogP contribution in [0.15, 0.2) is 0 Å². The molecule has 0 bridgehead atoms. The molecular formula is C15H27N3O2S. The third kappa shape index (κ3) is 3.65. The highest BCUT2D eigenvalue weighted by atomic mass is 32.2. The molecule has 2 aliphatic heterocycles. The van der Waals surface area contributed by atoms with Crippen molar-refractivity contribution in [3.8, 4) is 0 Å². The molecule has 0 aliphatic carbocycles. The van der Waals surface area contributed by atoms with Gasteiger partial charge in [0.2, 0.25) is 5.91 Å². The Morgan fingerprint density at radius 1 is 1.10 bits per heavy atom. The van der Waals surface area contributed by atoms with Crippen LogP contribution in [0.1, 0.15) is 26.7 Å². The van der Waals surface area contributed by atoms with Crippen LogP contribution >= 0.6 is 11.8 Å². The minimum absolute atomic E-state index is 0.0530. The molecule has 21 heavy (non-hydrogen) atoms. The van der Waals surface area contributed by atoms with E-state index in [4.69, 9.17) is 0 Å². The van der Waals surface area contributed by atoms with E-state index >= 15 is 0 Å². The zero-order valence-electron chi connectivity index (χ0n) is 13.5. The second-order valence-electron chi connectivity index (χ2n) is 6.29. The SMILES string of the molecule is C[C@@H]1SCCN(C(=O)C2CCN(C(=O)N(C)C)CC2)[C@H]1C. The number of hydrogen-bond acceptors (Lipinski definition) is 3. The number of urea groups is 1. The smallest absolute Gasteiger partial charge is 0.319 e. The van der Waals surface area contributed by atoms with Gasteiger partial charge >= 0.3 is 6.03 Å². The lowest BCUT2D eigenvalue weighted by molar-refractivity contribution is -0.138. The Morgan fingerprint density at radius 3 is 2.29 bits per heavy atom. The zero-order chi connectivity index (χ0) is 15.6. The van der Waals surface area contributed by atoms with Crippen molar-refractivity contribution >= 4 is 23.7 Å². The fraction of sp³-hybridized carbons (Fsp3) is 0.867. The Labute approximate surface area is 132 Å². The first-order valence-electron chi connectivity index (χ1n) is 7.80. The van der Waals surface area contributed by atoms with E-state index in [2.05, 4.69) is 18.7 Å². The van der Waals surface area contributed by atoms with Gasteiger partial charge in [-0.3, -0.25) is 4.79 Å². The maximum absolute atomic E-state index is 12.7. The quantitative estimate of drug-likeness (QED) is 0.740. The maximum Gasteiger partial charge on any atom is 0.319 e. The van der Waals surface area contributed by atoms with Crippen molar-refractivity contribution in [2.75, 3.05) is 39.5 Å². The van der Waals surface area contributed by atoms with E-state index in [1.54, 1.807) is 19.0 Å². The molecule has 0 N–H and O–H groups in total. The molecule has 120 valence electrons. The van der Waals surface area contributed by atoms with Gasteiger partial charge in [-0.1, -0.05) is 6.92 Å². The lowest BCUT2D eigenvalue weighted by atomic mass is 9.94. The number of nitrogens with zero attached hydrogens (tertiary/aromatic N) is 3. The van der Waals surface area contributed by atoms with Gasteiger partial charge in [-0.2, -0.15) is 11.8 Å². The number of carbonyl (C=O) groups is 2. The second-order valence-corrected chi connectivity index (χ2v) is 7.77. The topological polar surface area (TPSA) is 43.9 Å². The fourth-order valence-corrected chi connectivity index (χ4v) is 4.18. The number of piperidine rings is 1. The third-order valence-corrected chi connectivity index (χ3v) is 6.00. The van der Waals surface area contributed by atoms with Crippen LogP contribution in [0, 0.1) is 5.92 Å². The lowest BCUT2D eigenvalue weighted by Gasteiger charge is -2.41. The van der Waals surface area contributed by atoms with Crippen LogP contribution in [0.3, 0.4) is 0 Å². The summed E-state index contributed by atoms with van der Waals surface area (Å²) in [5, 5.41) is 0.512. The summed E-state index contributed by atoms with van der Waals surface area (Å²) in [4.78, 5) is 30.2. The standard InChI is InChI=1S/C15H27N3O2S/c1-11-12(2)21-10-9-18(11)14(19)13-5-7-17(8-6-13)15(20)16(3)4/h11-13H,5-10H2,1-4H3/t11-,12-/m0/s1. The first-order chi connectivity index (χ1) is 9.91. The van der Waals surface area contributed by atoms with Gasteiger partial charge in [-0.05, 0) is 19.8 Å². The average Bonchev–Trinajstić information content (AvgIpc) is 2.48. The van der Waals surface area contributed by atoms with Gasteiger partial charge in [0, 0.05) is 56.7 Å². The molecule has 5 nitrogen and oxygen atoms in total. The molecule has 2 rings (SSSR count). The number of amides is 3. The molecule has 2 aliphatic rings. The number of likely N-dealkylation sites (tertiary alicyclic amines) is 1. The van der Waals surface area contributed by atoms with Gasteiger partial charge in [0.1, 0.15) is 0 Å². The van der Waals surface area contributed by atoms with Crippen LogP contribution in [0.4, 0.5) is 4.79 Å². The van der Waals surface area contributed by atoms with E-state index in [0.29, 0.717) is 30.3 Å². The zero-order valence-corrected chi connectivity index (χ0v) is 14.4. The predicted molar refractivity (Wildman–Crippen MR) is 86.5 cm³/mol. The number of thioether (sulfide) groups is 1. The van der Waals surface area contributed by atoms with Crippen LogP contribution in [-0.2, 0) is 4.79 Å². The first kappa shape index (κ1) is 16.5. The molecule has 0 unspecified atom stereocenters. The summed E-state index contributed by atoms with van der Waals surface area (Å²) in [6.45, 7) is 6.61. The van der Waals surface area contributed by atoms with Gasteiger partial charge in [0.05, 0.1) is 0 Å². The van der Waals surface area contributed by atoms with Gasteiger partial charge in [0.25, 0.3) is 0 Å². The van der Waals surface area contributed by atoms with E-state index in [1.165, 1.54) is 0 Å². The minimum Gasteiger partial charge on any atom is -0.338 e. The molecule has 0 aromatic rings. The highest BCUT2D eigenvalue weighted by Crippen LogP contribution is 2.28. The van der Waals surface area contributed by atoms with Crippen molar-refractivity contribution in [3.63, 3.8) is 0 Å². The highest BCUT2D eigenvalue weighted by Gasteiger charge is 2.35. The molecule has 2 fully saturated rings. The van der Waals surface area contributed by atoms with Crippen molar-refractivity contribution in [2.24, 2.45) is 5.92 Å². The Balaban J connectivity index is 1.90. The summed E-state index contributed by atoms with van der Waals surface area (Å²) >= 11 is 1.95. The maximum atomic E-state index is 12.7. The molecule has 3 amide bonds. The first-order valence-corrected chi connectivity index (χ1v) is 8.85. The molecule has 0 saturated carbocycles. The van der Waals surface area contributed by atoms with Gasteiger partial charge in [-0.25, -0.2) is 4.79 Å². The molecule has 0 radical (unpaired) electrons. The largest absolute Gasteiger partial charge is 0.338 e. The van der Waals surface area contributed by atoms with Gasteiger partial charge < -0.3 is 14.7 Å². The summed E-state index contributed by atoms with van der Waals surface area (Å²) in [6.07, 6.45) is 1.59. The van der Waals surface area contributed by atoms with E-state index in [0.717, 1.165) is 25.1 Å². The summed E-state index contributed by atoms with van der Waals surface area (Å²) in [5.74, 6) is 1.43. The van der Waals surface area contributed by atoms with Crippen molar-refractivity contribution in [1.29, 1.82) is 0 Å². The lowest BCUT2D eigenvalue weighted by Crippen LogP contribution is -2.52. The average molecular weight is 313 g/mol. The Morgan fingerprint density at radius 2 is 1.71 bits per heavy atom. The molecule has 0 spiro atoms. The molecular weight excluding hydrogens is 286 g/mol. The summed E-state index contributed by atoms with van der Waals surface area (Å²) in [7, 11) is 3.54. The van der Waals surface area contributed by atoms with Crippen LogP contribution in [-0.4, -0.2) is 77.4 Å². The minimum atomic E-state index is 0.0530. The Bertz CT molecular complexity index is 394. The molecule has 0 aromatic heterocycles. The fourth-order valence-electron chi connectivity index (χ4n) is 3.08. The summed E-state index contributed by atoms with van der Waals surface area (Å²) in [6, 6.07) is 0.370. The molecule has 2 atom stereocenters. The highest BCUT2D eigenvalue weighted by molar-refractivity contribution is 8.00. The normalized spacial score (nSPS) is 27.6. The van der Waals surface area contributed by atoms with Crippen molar-refractivity contribution in [3.05, 3.63) is 0 Å². The van der Waals surface area contributed by atoms with Crippen molar-refractivity contribution in [2.45, 2.75) is 38.0 Å². The number of carbonyl (C=O) groups excluding carboxylic acids is 2. The van der Waals surface area contributed by atoms with Crippen LogP contribution in [0.5, 0.6) is 0 Å². The van der Waals surface area contributed by atoms with Crippen LogP contribution in [0.25, 0.3) is 0 Å².